The van der Waals surface area contributed by atoms with E-state index >= 15 is 0 Å². The van der Waals surface area contributed by atoms with E-state index in [9.17, 15) is 4.39 Å². The molecule has 0 saturated heterocycles. The topological polar surface area (TPSA) is 21.7 Å². The molecule has 1 heterocycles. The fourth-order valence-corrected chi connectivity index (χ4v) is 4.73. The van der Waals surface area contributed by atoms with Crippen LogP contribution in [0.4, 0.5) is 4.39 Å². The average Bonchev–Trinajstić information content (AvgIpc) is 2.42. The molecule has 2 saturated carbocycles. The first-order valence-corrected chi connectivity index (χ1v) is 9.43. The van der Waals surface area contributed by atoms with Gasteiger partial charge >= 0.3 is 0 Å². The van der Waals surface area contributed by atoms with Crippen molar-refractivity contribution in [2.24, 2.45) is 0 Å². The molecular formula is C18H23BrFNO2. The molecule has 4 rings (SSSR count). The summed E-state index contributed by atoms with van der Waals surface area (Å²) in [5, 5.41) is 0. The van der Waals surface area contributed by atoms with Crippen molar-refractivity contribution in [3.63, 3.8) is 0 Å². The van der Waals surface area contributed by atoms with Crippen LogP contribution >= 0.6 is 15.9 Å². The Bertz CT molecular complexity index is 567. The van der Waals surface area contributed by atoms with Crippen molar-refractivity contribution in [3.05, 3.63) is 21.9 Å². The quantitative estimate of drug-likeness (QED) is 0.773. The first-order chi connectivity index (χ1) is 11.2. The summed E-state index contributed by atoms with van der Waals surface area (Å²) in [4.78, 5) is 2.69. The summed E-state index contributed by atoms with van der Waals surface area (Å²) in [5.41, 5.74) is 0.874. The third kappa shape index (κ3) is 2.66. The highest BCUT2D eigenvalue weighted by Gasteiger charge is 2.40. The lowest BCUT2D eigenvalue weighted by atomic mass is 9.82. The van der Waals surface area contributed by atoms with Crippen molar-refractivity contribution in [1.82, 2.24) is 4.90 Å². The maximum Gasteiger partial charge on any atom is 0.166 e. The van der Waals surface area contributed by atoms with Gasteiger partial charge in [-0.05, 0) is 54.1 Å². The maximum absolute atomic E-state index is 14.2. The number of rotatable bonds is 4. The second-order valence-electron chi connectivity index (χ2n) is 6.97. The zero-order valence-electron chi connectivity index (χ0n) is 13.5. The summed E-state index contributed by atoms with van der Waals surface area (Å²) >= 11 is 3.42. The maximum atomic E-state index is 14.2. The van der Waals surface area contributed by atoms with Crippen LogP contribution in [-0.4, -0.2) is 36.7 Å². The summed E-state index contributed by atoms with van der Waals surface area (Å²) in [5.74, 6) is 0.793. The largest absolute Gasteiger partial charge is 0.495 e. The Labute approximate surface area is 145 Å². The third-order valence-corrected chi connectivity index (χ3v) is 6.30. The molecule has 0 amide bonds. The fourth-order valence-electron chi connectivity index (χ4n) is 4.13. The number of methoxy groups -OCH3 is 1. The van der Waals surface area contributed by atoms with E-state index in [-0.39, 0.29) is 5.82 Å². The van der Waals surface area contributed by atoms with Gasteiger partial charge in [-0.15, -0.1) is 0 Å². The van der Waals surface area contributed by atoms with Crippen molar-refractivity contribution < 1.29 is 13.9 Å². The molecule has 0 spiro atoms. The minimum absolute atomic E-state index is 0.301. The number of benzene rings is 1. The van der Waals surface area contributed by atoms with Gasteiger partial charge in [-0.2, -0.15) is 0 Å². The van der Waals surface area contributed by atoms with E-state index < -0.39 is 0 Å². The average molecular weight is 384 g/mol. The minimum Gasteiger partial charge on any atom is -0.495 e. The highest BCUT2D eigenvalue weighted by atomic mass is 79.9. The van der Waals surface area contributed by atoms with Crippen LogP contribution in [0.1, 0.15) is 44.1 Å². The lowest BCUT2D eigenvalue weighted by Gasteiger charge is -2.51. The summed E-state index contributed by atoms with van der Waals surface area (Å²) in [6.07, 6.45) is 8.66. The molecule has 0 bridgehead atoms. The Kier molecular flexibility index (Phi) is 4.26. The standard InChI is InChI=1S/C18H23BrFNO2/c1-22-17-14-8-13(10-23-18(14)16(20)9-15(17)19)21(11-4-2-5-11)12-6-3-7-12/h9,11-13H,2-8,10H2,1H3/t13-/m1/s1. The van der Waals surface area contributed by atoms with E-state index in [1.807, 2.05) is 0 Å². The third-order valence-electron chi connectivity index (χ3n) is 5.71. The van der Waals surface area contributed by atoms with E-state index in [0.717, 1.165) is 12.0 Å². The molecule has 3 nitrogen and oxygen atoms in total. The number of hydrogen-bond acceptors (Lipinski definition) is 3. The predicted molar refractivity (Wildman–Crippen MR) is 90.8 cm³/mol. The Morgan fingerprint density at radius 1 is 1.17 bits per heavy atom. The van der Waals surface area contributed by atoms with Gasteiger partial charge in [0.15, 0.2) is 11.6 Å². The molecule has 0 N–H and O–H groups in total. The highest BCUT2D eigenvalue weighted by Crippen LogP contribution is 2.43. The van der Waals surface area contributed by atoms with E-state index in [0.29, 0.717) is 40.7 Å². The molecule has 3 aliphatic rings. The lowest BCUT2D eigenvalue weighted by molar-refractivity contribution is -0.0196. The molecular weight excluding hydrogens is 361 g/mol. The minimum atomic E-state index is -0.301. The Hall–Kier alpha value is -0.810. The number of nitrogens with zero attached hydrogens (tertiary/aromatic N) is 1. The van der Waals surface area contributed by atoms with Crippen LogP contribution in [-0.2, 0) is 6.42 Å². The number of halogens is 2. The number of hydrogen-bond donors (Lipinski definition) is 0. The van der Waals surface area contributed by atoms with Crippen molar-refractivity contribution in [2.75, 3.05) is 13.7 Å². The molecule has 0 radical (unpaired) electrons. The highest BCUT2D eigenvalue weighted by molar-refractivity contribution is 9.10. The zero-order chi connectivity index (χ0) is 16.0. The summed E-state index contributed by atoms with van der Waals surface area (Å²) < 4.78 is 26.3. The van der Waals surface area contributed by atoms with Crippen LogP contribution in [0.2, 0.25) is 0 Å². The second kappa shape index (κ2) is 6.25. The SMILES string of the molecule is COc1c(Br)cc(F)c2c1C[C@@H](N(C1CCC1)C1CCC1)CO2. The molecule has 1 aromatic carbocycles. The molecule has 2 fully saturated rings. The summed E-state index contributed by atoms with van der Waals surface area (Å²) in [6, 6.07) is 3.16. The van der Waals surface area contributed by atoms with Gasteiger partial charge < -0.3 is 9.47 Å². The van der Waals surface area contributed by atoms with E-state index in [1.54, 1.807) is 7.11 Å². The molecule has 5 heteroatoms. The van der Waals surface area contributed by atoms with Crippen molar-refractivity contribution >= 4 is 15.9 Å². The summed E-state index contributed by atoms with van der Waals surface area (Å²) in [6.45, 7) is 0.585. The predicted octanol–water partition coefficient (Wildman–Crippen LogP) is 4.31. The molecule has 1 atom stereocenters. The molecule has 1 aromatic rings. The van der Waals surface area contributed by atoms with Crippen LogP contribution in [0, 0.1) is 5.82 Å². The Morgan fingerprint density at radius 3 is 2.35 bits per heavy atom. The van der Waals surface area contributed by atoms with Gasteiger partial charge in [0.1, 0.15) is 12.4 Å². The van der Waals surface area contributed by atoms with Crippen molar-refractivity contribution in [2.45, 2.75) is 63.1 Å². The van der Waals surface area contributed by atoms with Crippen LogP contribution in [0.15, 0.2) is 10.5 Å². The van der Waals surface area contributed by atoms with E-state index in [2.05, 4.69) is 20.8 Å². The second-order valence-corrected chi connectivity index (χ2v) is 7.82. The molecule has 0 unspecified atom stereocenters. The smallest absolute Gasteiger partial charge is 0.166 e. The molecule has 126 valence electrons. The monoisotopic (exact) mass is 383 g/mol. The zero-order valence-corrected chi connectivity index (χ0v) is 15.1. The van der Waals surface area contributed by atoms with Gasteiger partial charge in [0.25, 0.3) is 0 Å². The summed E-state index contributed by atoms with van der Waals surface area (Å²) in [7, 11) is 1.64. The van der Waals surface area contributed by atoms with Crippen molar-refractivity contribution in [3.8, 4) is 11.5 Å². The molecule has 2 aliphatic carbocycles. The van der Waals surface area contributed by atoms with Crippen LogP contribution in [0.25, 0.3) is 0 Å². The van der Waals surface area contributed by atoms with Gasteiger partial charge in [0, 0.05) is 23.7 Å². The van der Waals surface area contributed by atoms with Crippen LogP contribution < -0.4 is 9.47 Å². The van der Waals surface area contributed by atoms with Gasteiger partial charge in [0.2, 0.25) is 0 Å². The lowest BCUT2D eigenvalue weighted by Crippen LogP contribution is -2.57. The normalized spacial score (nSPS) is 24.6. The Balaban J connectivity index is 1.64. The first kappa shape index (κ1) is 15.7. The molecule has 23 heavy (non-hydrogen) atoms. The van der Waals surface area contributed by atoms with Gasteiger partial charge in [-0.1, -0.05) is 12.8 Å². The van der Waals surface area contributed by atoms with Crippen LogP contribution in [0.5, 0.6) is 11.5 Å². The molecule has 0 aromatic heterocycles. The van der Waals surface area contributed by atoms with Gasteiger partial charge in [0.05, 0.1) is 11.6 Å². The van der Waals surface area contributed by atoms with E-state index in [4.69, 9.17) is 9.47 Å². The number of ether oxygens (including phenoxy) is 2. The van der Waals surface area contributed by atoms with Gasteiger partial charge in [-0.25, -0.2) is 4.39 Å². The van der Waals surface area contributed by atoms with Crippen LogP contribution in [0.3, 0.4) is 0 Å². The van der Waals surface area contributed by atoms with E-state index in [1.165, 1.54) is 44.6 Å². The van der Waals surface area contributed by atoms with Gasteiger partial charge in [-0.3, -0.25) is 4.90 Å². The fraction of sp³-hybridized carbons (Fsp3) is 0.667. The molecule has 1 aliphatic heterocycles. The first-order valence-electron chi connectivity index (χ1n) is 8.64. The number of fused-ring (bicyclic) bond motifs is 1. The Morgan fingerprint density at radius 2 is 1.83 bits per heavy atom. The van der Waals surface area contributed by atoms with Crippen molar-refractivity contribution in [1.29, 1.82) is 0 Å².